The molecule has 8 heteroatoms. The predicted molar refractivity (Wildman–Crippen MR) is 129 cm³/mol. The van der Waals surface area contributed by atoms with Crippen molar-refractivity contribution >= 4 is 11.5 Å². The number of allylic oxidation sites excluding steroid dienone is 1. The number of amides is 1. The largest absolute Gasteiger partial charge is 0.490 e. The van der Waals surface area contributed by atoms with Gasteiger partial charge < -0.3 is 19.5 Å². The molecule has 34 heavy (non-hydrogen) atoms. The van der Waals surface area contributed by atoms with Gasteiger partial charge in [0.2, 0.25) is 11.7 Å². The highest BCUT2D eigenvalue weighted by Crippen LogP contribution is 2.38. The Morgan fingerprint density at radius 3 is 2.79 bits per heavy atom. The number of ether oxygens (including phenoxy) is 1. The summed E-state index contributed by atoms with van der Waals surface area (Å²) in [5, 5.41) is 16.6. The molecule has 0 fully saturated rings. The molecule has 1 N–H and O–H groups in total. The van der Waals surface area contributed by atoms with E-state index in [4.69, 9.17) is 9.26 Å². The first kappa shape index (κ1) is 23.2. The number of hydrogen-bond donors (Lipinski definition) is 1. The number of benzene rings is 2. The van der Waals surface area contributed by atoms with Crippen LogP contribution < -0.4 is 10.1 Å². The molecule has 0 radical (unpaired) electrons. The minimum Gasteiger partial charge on any atom is -0.490 e. The minimum absolute atomic E-state index is 0.0339. The fourth-order valence-electron chi connectivity index (χ4n) is 3.97. The minimum atomic E-state index is -0.0496. The van der Waals surface area contributed by atoms with Gasteiger partial charge in [-0.2, -0.15) is 10.2 Å². The standard InChI is InChI=1S/C26H27N5O3/c1-16(2)33-23-11-9-17(12-19(23)13-27)26-29-25(30-34-26)22-7-5-6-20-18(8-10-21(20)22)14-28-24(32)15-31(3)4/h5-7,9,11-12,14,16H,8,10,15H2,1-4H3,(H,28,32)/b18-14+. The number of rotatable bonds is 7. The van der Waals surface area contributed by atoms with E-state index in [0.29, 0.717) is 35.1 Å². The van der Waals surface area contributed by atoms with Crippen molar-refractivity contribution in [2.45, 2.75) is 32.8 Å². The lowest BCUT2D eigenvalue weighted by atomic mass is 10.0. The second kappa shape index (κ2) is 9.89. The van der Waals surface area contributed by atoms with E-state index in [2.05, 4.69) is 21.5 Å². The molecule has 1 amide bonds. The molecule has 1 aromatic heterocycles. The summed E-state index contributed by atoms with van der Waals surface area (Å²) >= 11 is 0. The Morgan fingerprint density at radius 2 is 2.06 bits per heavy atom. The number of fused-ring (bicyclic) bond motifs is 1. The summed E-state index contributed by atoms with van der Waals surface area (Å²) < 4.78 is 11.2. The van der Waals surface area contributed by atoms with E-state index >= 15 is 0 Å². The van der Waals surface area contributed by atoms with E-state index in [9.17, 15) is 10.1 Å². The summed E-state index contributed by atoms with van der Waals surface area (Å²) in [6.45, 7) is 4.16. The van der Waals surface area contributed by atoms with E-state index in [1.807, 2.05) is 57.1 Å². The van der Waals surface area contributed by atoms with Crippen molar-refractivity contribution in [2.75, 3.05) is 20.6 Å². The van der Waals surface area contributed by atoms with Crippen molar-refractivity contribution < 1.29 is 14.1 Å². The molecule has 0 unspecified atom stereocenters. The van der Waals surface area contributed by atoms with Gasteiger partial charge in [-0.15, -0.1) is 0 Å². The molecule has 0 spiro atoms. The molecule has 1 aliphatic carbocycles. The Morgan fingerprint density at radius 1 is 1.26 bits per heavy atom. The first-order chi connectivity index (χ1) is 16.4. The zero-order valence-electron chi connectivity index (χ0n) is 19.8. The van der Waals surface area contributed by atoms with Gasteiger partial charge in [-0.25, -0.2) is 0 Å². The maximum atomic E-state index is 12.0. The maximum Gasteiger partial charge on any atom is 0.258 e. The molecule has 0 aliphatic heterocycles. The van der Waals surface area contributed by atoms with Crippen molar-refractivity contribution in [1.29, 1.82) is 5.26 Å². The third kappa shape index (κ3) is 5.00. The van der Waals surface area contributed by atoms with Crippen LogP contribution in [0.25, 0.3) is 28.4 Å². The van der Waals surface area contributed by atoms with Crippen molar-refractivity contribution in [3.8, 4) is 34.7 Å². The average Bonchev–Trinajstić information content (AvgIpc) is 3.44. The van der Waals surface area contributed by atoms with Crippen LogP contribution in [0.15, 0.2) is 47.1 Å². The predicted octanol–water partition coefficient (Wildman–Crippen LogP) is 4.03. The van der Waals surface area contributed by atoms with Gasteiger partial charge in [-0.1, -0.05) is 23.4 Å². The van der Waals surface area contributed by atoms with Crippen molar-refractivity contribution in [2.24, 2.45) is 0 Å². The van der Waals surface area contributed by atoms with Gasteiger partial charge in [0.1, 0.15) is 11.8 Å². The monoisotopic (exact) mass is 457 g/mol. The lowest BCUT2D eigenvalue weighted by Crippen LogP contribution is -2.30. The molecule has 3 aromatic rings. The number of aromatic nitrogens is 2. The van der Waals surface area contributed by atoms with Crippen LogP contribution >= 0.6 is 0 Å². The fourth-order valence-corrected chi connectivity index (χ4v) is 3.97. The number of carbonyl (C=O) groups excluding carboxylic acids is 1. The normalized spacial score (nSPS) is 13.9. The topological polar surface area (TPSA) is 104 Å². The van der Waals surface area contributed by atoms with Crippen molar-refractivity contribution in [3.63, 3.8) is 0 Å². The van der Waals surface area contributed by atoms with Crippen LogP contribution in [0.1, 0.15) is 37.0 Å². The molecule has 0 saturated carbocycles. The molecule has 2 aromatic carbocycles. The number of carbonyl (C=O) groups is 1. The summed E-state index contributed by atoms with van der Waals surface area (Å²) in [5.74, 6) is 1.31. The molecule has 174 valence electrons. The molecule has 1 aliphatic rings. The smallest absolute Gasteiger partial charge is 0.258 e. The van der Waals surface area contributed by atoms with Crippen LogP contribution in [0.5, 0.6) is 5.75 Å². The molecule has 1 heterocycles. The summed E-state index contributed by atoms with van der Waals surface area (Å²) in [5.41, 5.74) is 5.25. The van der Waals surface area contributed by atoms with Crippen LogP contribution in [0, 0.1) is 11.3 Å². The van der Waals surface area contributed by atoms with Crippen LogP contribution in [0.3, 0.4) is 0 Å². The van der Waals surface area contributed by atoms with Gasteiger partial charge in [0.15, 0.2) is 0 Å². The molecular weight excluding hydrogens is 430 g/mol. The van der Waals surface area contributed by atoms with Gasteiger partial charge in [0.25, 0.3) is 5.89 Å². The molecule has 4 rings (SSSR count). The Labute approximate surface area is 198 Å². The zero-order valence-corrected chi connectivity index (χ0v) is 19.8. The molecular formula is C26H27N5O3. The third-order valence-electron chi connectivity index (χ3n) is 5.41. The molecule has 0 atom stereocenters. The lowest BCUT2D eigenvalue weighted by Gasteiger charge is -2.11. The molecule has 0 bridgehead atoms. The average molecular weight is 458 g/mol. The zero-order chi connectivity index (χ0) is 24.2. The quantitative estimate of drug-likeness (QED) is 0.571. The third-order valence-corrected chi connectivity index (χ3v) is 5.41. The Kier molecular flexibility index (Phi) is 6.75. The first-order valence-electron chi connectivity index (χ1n) is 11.2. The van der Waals surface area contributed by atoms with Gasteiger partial charge in [0.05, 0.1) is 18.2 Å². The summed E-state index contributed by atoms with van der Waals surface area (Å²) in [6.07, 6.45) is 3.41. The number of hydrogen-bond acceptors (Lipinski definition) is 7. The first-order valence-corrected chi connectivity index (χ1v) is 11.2. The second-order valence-electron chi connectivity index (χ2n) is 8.72. The van der Waals surface area contributed by atoms with Gasteiger partial charge in [-0.3, -0.25) is 4.79 Å². The van der Waals surface area contributed by atoms with Crippen LogP contribution in [0.4, 0.5) is 0 Å². The number of likely N-dealkylation sites (N-methyl/N-ethyl adjacent to an activating group) is 1. The summed E-state index contributed by atoms with van der Waals surface area (Å²) in [6, 6.07) is 13.4. The molecule has 0 saturated heterocycles. The number of nitriles is 1. The van der Waals surface area contributed by atoms with Crippen LogP contribution in [0.2, 0.25) is 0 Å². The van der Waals surface area contributed by atoms with E-state index < -0.39 is 0 Å². The maximum absolute atomic E-state index is 12.0. The SMILES string of the molecule is CC(C)Oc1ccc(-c2nc(-c3cccc4c3CC/C4=C\NC(=O)CN(C)C)no2)cc1C#N. The Balaban J connectivity index is 1.59. The summed E-state index contributed by atoms with van der Waals surface area (Å²) in [4.78, 5) is 18.4. The van der Waals surface area contributed by atoms with Gasteiger partial charge in [-0.05, 0) is 75.7 Å². The fraction of sp³-hybridized carbons (Fsp3) is 0.308. The van der Waals surface area contributed by atoms with E-state index in [1.54, 1.807) is 18.3 Å². The van der Waals surface area contributed by atoms with E-state index in [-0.39, 0.29) is 12.0 Å². The Hall–Kier alpha value is -3.96. The number of nitrogens with one attached hydrogen (secondary N) is 1. The van der Waals surface area contributed by atoms with E-state index in [1.165, 1.54) is 0 Å². The number of nitrogens with zero attached hydrogens (tertiary/aromatic N) is 4. The van der Waals surface area contributed by atoms with Gasteiger partial charge in [0, 0.05) is 17.3 Å². The van der Waals surface area contributed by atoms with Crippen molar-refractivity contribution in [1.82, 2.24) is 20.4 Å². The highest BCUT2D eigenvalue weighted by Gasteiger charge is 2.23. The highest BCUT2D eigenvalue weighted by molar-refractivity contribution is 5.84. The van der Waals surface area contributed by atoms with Gasteiger partial charge >= 0.3 is 0 Å². The Bertz CT molecular complexity index is 1280. The molecule has 8 nitrogen and oxygen atoms in total. The van der Waals surface area contributed by atoms with Crippen LogP contribution in [-0.2, 0) is 11.2 Å². The summed E-state index contributed by atoms with van der Waals surface area (Å²) in [7, 11) is 3.72. The second-order valence-corrected chi connectivity index (χ2v) is 8.72. The van der Waals surface area contributed by atoms with Crippen molar-refractivity contribution in [3.05, 3.63) is 59.3 Å². The van der Waals surface area contributed by atoms with E-state index in [0.717, 1.165) is 35.1 Å². The highest BCUT2D eigenvalue weighted by atomic mass is 16.5. The van der Waals surface area contributed by atoms with Crippen LogP contribution in [-0.4, -0.2) is 47.7 Å². The lowest BCUT2D eigenvalue weighted by molar-refractivity contribution is -0.120.